The standard InChI is InChI=1S/C26H35NO6/c1-9-30-23(28)26(7,8)32-22-14-13-21(15-17(22)2)31-20-12-10-11-19(16-20)18(3)27-24(29)33-25(4,5)6/h10-16,18H,9H2,1-8H3,(H,27,29). The van der Waals surface area contributed by atoms with Gasteiger partial charge >= 0.3 is 12.1 Å². The van der Waals surface area contributed by atoms with Crippen LogP contribution < -0.4 is 14.8 Å². The highest BCUT2D eigenvalue weighted by Crippen LogP contribution is 2.31. The van der Waals surface area contributed by atoms with Gasteiger partial charge in [-0.2, -0.15) is 0 Å². The predicted molar refractivity (Wildman–Crippen MR) is 127 cm³/mol. The van der Waals surface area contributed by atoms with Crippen LogP contribution in [0.25, 0.3) is 0 Å². The summed E-state index contributed by atoms with van der Waals surface area (Å²) in [7, 11) is 0. The summed E-state index contributed by atoms with van der Waals surface area (Å²) in [5.41, 5.74) is 0.0372. The van der Waals surface area contributed by atoms with Crippen LogP contribution in [-0.4, -0.2) is 29.9 Å². The minimum atomic E-state index is -1.10. The number of amides is 1. The summed E-state index contributed by atoms with van der Waals surface area (Å²) >= 11 is 0. The zero-order chi connectivity index (χ0) is 24.8. The van der Waals surface area contributed by atoms with Crippen molar-refractivity contribution in [1.29, 1.82) is 0 Å². The van der Waals surface area contributed by atoms with Crippen LogP contribution in [0.1, 0.15) is 65.6 Å². The average Bonchev–Trinajstić information content (AvgIpc) is 2.69. The van der Waals surface area contributed by atoms with E-state index in [1.165, 1.54) is 0 Å². The van der Waals surface area contributed by atoms with E-state index in [2.05, 4.69) is 5.32 Å². The highest BCUT2D eigenvalue weighted by atomic mass is 16.6. The van der Waals surface area contributed by atoms with Gasteiger partial charge in [-0.1, -0.05) is 12.1 Å². The molecule has 0 spiro atoms. The first-order valence-corrected chi connectivity index (χ1v) is 11.0. The van der Waals surface area contributed by atoms with Gasteiger partial charge in [0.05, 0.1) is 12.6 Å². The summed E-state index contributed by atoms with van der Waals surface area (Å²) in [6, 6.07) is 12.6. The quantitative estimate of drug-likeness (QED) is 0.483. The van der Waals surface area contributed by atoms with Crippen molar-refractivity contribution in [2.24, 2.45) is 0 Å². The van der Waals surface area contributed by atoms with Crippen molar-refractivity contribution in [3.05, 3.63) is 53.6 Å². The van der Waals surface area contributed by atoms with Gasteiger partial charge in [0.2, 0.25) is 0 Å². The van der Waals surface area contributed by atoms with Crippen LogP contribution >= 0.6 is 0 Å². The Morgan fingerprint density at radius 1 is 1.00 bits per heavy atom. The molecule has 7 heteroatoms. The van der Waals surface area contributed by atoms with Gasteiger partial charge in [0.1, 0.15) is 22.8 Å². The van der Waals surface area contributed by atoms with Crippen LogP contribution in [0.5, 0.6) is 17.2 Å². The second-order valence-electron chi connectivity index (χ2n) is 9.30. The molecule has 180 valence electrons. The number of rotatable bonds is 8. The highest BCUT2D eigenvalue weighted by Gasteiger charge is 2.32. The third-order valence-corrected chi connectivity index (χ3v) is 4.61. The van der Waals surface area contributed by atoms with Gasteiger partial charge in [-0.25, -0.2) is 9.59 Å². The molecular weight excluding hydrogens is 422 g/mol. The zero-order valence-corrected chi connectivity index (χ0v) is 20.8. The summed E-state index contributed by atoms with van der Waals surface area (Å²) in [4.78, 5) is 24.2. The van der Waals surface area contributed by atoms with Crippen molar-refractivity contribution in [3.63, 3.8) is 0 Å². The number of ether oxygens (including phenoxy) is 4. The smallest absolute Gasteiger partial charge is 0.408 e. The lowest BCUT2D eigenvalue weighted by atomic mass is 10.1. The lowest BCUT2D eigenvalue weighted by Gasteiger charge is -2.25. The zero-order valence-electron chi connectivity index (χ0n) is 20.8. The maximum Gasteiger partial charge on any atom is 0.408 e. The van der Waals surface area contributed by atoms with Crippen molar-refractivity contribution in [1.82, 2.24) is 5.32 Å². The molecule has 7 nitrogen and oxygen atoms in total. The molecule has 2 aromatic rings. The summed E-state index contributed by atoms with van der Waals surface area (Å²) in [5.74, 6) is 1.41. The molecular formula is C26H35NO6. The topological polar surface area (TPSA) is 83.1 Å². The fourth-order valence-corrected chi connectivity index (χ4v) is 2.97. The first kappa shape index (κ1) is 26.0. The lowest BCUT2D eigenvalue weighted by molar-refractivity contribution is -0.158. The molecule has 0 saturated heterocycles. The number of carbonyl (C=O) groups excluding carboxylic acids is 2. The number of hydrogen-bond acceptors (Lipinski definition) is 6. The van der Waals surface area contributed by atoms with Gasteiger partial charge in [-0.3, -0.25) is 0 Å². The van der Waals surface area contributed by atoms with E-state index in [0.29, 0.717) is 23.9 Å². The lowest BCUT2D eigenvalue weighted by Crippen LogP contribution is -2.39. The van der Waals surface area contributed by atoms with Crippen molar-refractivity contribution >= 4 is 12.1 Å². The van der Waals surface area contributed by atoms with Crippen LogP contribution in [-0.2, 0) is 14.3 Å². The summed E-state index contributed by atoms with van der Waals surface area (Å²) in [6.07, 6.45) is -0.474. The van der Waals surface area contributed by atoms with Gasteiger partial charge in [0.15, 0.2) is 5.60 Å². The summed E-state index contributed by atoms with van der Waals surface area (Å²) in [5, 5.41) is 2.83. The van der Waals surface area contributed by atoms with Crippen LogP contribution in [0, 0.1) is 6.92 Å². The second kappa shape index (κ2) is 10.6. The van der Waals surface area contributed by atoms with Crippen molar-refractivity contribution in [2.45, 2.75) is 72.6 Å². The molecule has 2 aromatic carbocycles. The Kier molecular flexibility index (Phi) is 8.36. The fraction of sp³-hybridized carbons (Fsp3) is 0.462. The minimum Gasteiger partial charge on any atom is -0.476 e. The Hall–Kier alpha value is -3.22. The molecule has 1 atom stereocenters. The number of alkyl carbamates (subject to hydrolysis) is 1. The largest absolute Gasteiger partial charge is 0.476 e. The number of benzene rings is 2. The third-order valence-electron chi connectivity index (χ3n) is 4.61. The predicted octanol–water partition coefficient (Wildman–Crippen LogP) is 6.09. The fourth-order valence-electron chi connectivity index (χ4n) is 2.97. The maximum atomic E-state index is 12.1. The molecule has 0 aromatic heterocycles. The molecule has 33 heavy (non-hydrogen) atoms. The van der Waals surface area contributed by atoms with Gasteiger partial charge in [0.25, 0.3) is 0 Å². The SMILES string of the molecule is CCOC(=O)C(C)(C)Oc1ccc(Oc2cccc(C(C)NC(=O)OC(C)(C)C)c2)cc1C. The molecule has 0 fully saturated rings. The molecule has 0 aliphatic rings. The molecule has 0 aliphatic carbocycles. The van der Waals surface area contributed by atoms with E-state index in [0.717, 1.165) is 11.1 Å². The molecule has 0 radical (unpaired) electrons. The summed E-state index contributed by atoms with van der Waals surface area (Å²) in [6.45, 7) is 14.6. The second-order valence-corrected chi connectivity index (χ2v) is 9.30. The number of aryl methyl sites for hydroxylation is 1. The molecule has 1 amide bonds. The van der Waals surface area contributed by atoms with Crippen molar-refractivity contribution < 1.29 is 28.5 Å². The molecule has 0 aliphatic heterocycles. The maximum absolute atomic E-state index is 12.1. The first-order chi connectivity index (χ1) is 15.3. The normalized spacial score (nSPS) is 12.5. The number of nitrogens with one attached hydrogen (secondary N) is 1. The number of carbonyl (C=O) groups is 2. The molecule has 1 N–H and O–H groups in total. The van der Waals surface area contributed by atoms with E-state index in [1.807, 2.05) is 65.0 Å². The van der Waals surface area contributed by atoms with E-state index in [9.17, 15) is 9.59 Å². The van der Waals surface area contributed by atoms with E-state index >= 15 is 0 Å². The average molecular weight is 458 g/mol. The highest BCUT2D eigenvalue weighted by molar-refractivity contribution is 5.79. The minimum absolute atomic E-state index is 0.258. The molecule has 2 rings (SSSR count). The first-order valence-electron chi connectivity index (χ1n) is 11.0. The molecule has 1 unspecified atom stereocenters. The Bertz CT molecular complexity index is 977. The van der Waals surface area contributed by atoms with Crippen LogP contribution in [0.3, 0.4) is 0 Å². The van der Waals surface area contributed by atoms with Gasteiger partial charge in [0, 0.05) is 0 Å². The number of esters is 1. The summed E-state index contributed by atoms with van der Waals surface area (Å²) < 4.78 is 22.3. The van der Waals surface area contributed by atoms with E-state index < -0.39 is 23.3 Å². The van der Waals surface area contributed by atoms with Gasteiger partial charge < -0.3 is 24.3 Å². The number of hydrogen-bond donors (Lipinski definition) is 1. The molecule has 0 saturated carbocycles. The van der Waals surface area contributed by atoms with Gasteiger partial charge in [-0.05, 0) is 96.8 Å². The Morgan fingerprint density at radius 3 is 2.27 bits per heavy atom. The monoisotopic (exact) mass is 457 g/mol. The van der Waals surface area contributed by atoms with Crippen LogP contribution in [0.15, 0.2) is 42.5 Å². The van der Waals surface area contributed by atoms with Gasteiger partial charge in [-0.15, -0.1) is 0 Å². The van der Waals surface area contributed by atoms with Crippen molar-refractivity contribution in [3.8, 4) is 17.2 Å². The Morgan fingerprint density at radius 2 is 1.67 bits per heavy atom. The van der Waals surface area contributed by atoms with Crippen LogP contribution in [0.4, 0.5) is 4.79 Å². The van der Waals surface area contributed by atoms with E-state index in [1.54, 1.807) is 32.9 Å². The molecule has 0 heterocycles. The van der Waals surface area contributed by atoms with E-state index in [-0.39, 0.29) is 6.04 Å². The Balaban J connectivity index is 2.08. The van der Waals surface area contributed by atoms with E-state index in [4.69, 9.17) is 18.9 Å². The van der Waals surface area contributed by atoms with Crippen molar-refractivity contribution in [2.75, 3.05) is 6.61 Å². The Labute approximate surface area is 196 Å². The molecule has 0 bridgehead atoms. The third kappa shape index (κ3) is 8.00. The van der Waals surface area contributed by atoms with Crippen LogP contribution in [0.2, 0.25) is 0 Å².